The van der Waals surface area contributed by atoms with Crippen LogP contribution >= 0.6 is 31.9 Å². The second kappa shape index (κ2) is 20.2. The molecule has 8 nitrogen and oxygen atoms in total. The number of halogens is 2. The summed E-state index contributed by atoms with van der Waals surface area (Å²) in [6, 6.07) is 11.4. The number of nitrogens with one attached hydrogen (secondary N) is 2. The molecule has 0 saturated heterocycles. The summed E-state index contributed by atoms with van der Waals surface area (Å²) in [4.78, 5) is 24.3. The quantitative estimate of drug-likeness (QED) is 0.0912. The van der Waals surface area contributed by atoms with E-state index in [0.29, 0.717) is 26.1 Å². The highest BCUT2D eigenvalue weighted by Crippen LogP contribution is 2.23. The van der Waals surface area contributed by atoms with Gasteiger partial charge in [0.2, 0.25) is 11.8 Å². The van der Waals surface area contributed by atoms with E-state index in [1.807, 2.05) is 36.4 Å². The Morgan fingerprint density at radius 3 is 1.52 bits per heavy atom. The molecule has 218 valence electrons. The van der Waals surface area contributed by atoms with Crippen molar-refractivity contribution in [2.75, 3.05) is 13.2 Å². The third-order valence-electron chi connectivity index (χ3n) is 5.80. The van der Waals surface area contributed by atoms with Crippen molar-refractivity contribution in [3.05, 3.63) is 56.5 Å². The third-order valence-corrected chi connectivity index (χ3v) is 6.78. The SMILES string of the molecule is CCCCOc1ccc(Br)cc1/C=N\NC(=O)CCCCCCC(=O)N/N=C\c1cc(Br)ccc1OCCCC. The van der Waals surface area contributed by atoms with Crippen molar-refractivity contribution in [2.24, 2.45) is 10.2 Å². The maximum atomic E-state index is 12.1. The van der Waals surface area contributed by atoms with Crippen molar-refractivity contribution in [3.63, 3.8) is 0 Å². The number of amides is 2. The van der Waals surface area contributed by atoms with Gasteiger partial charge in [0.25, 0.3) is 0 Å². The van der Waals surface area contributed by atoms with Crippen molar-refractivity contribution < 1.29 is 19.1 Å². The first-order chi connectivity index (χ1) is 19.4. The van der Waals surface area contributed by atoms with Crippen LogP contribution in [0.2, 0.25) is 0 Å². The molecular weight excluding hydrogens is 640 g/mol. The predicted octanol–water partition coefficient (Wildman–Crippen LogP) is 7.51. The van der Waals surface area contributed by atoms with Crippen LogP contribution in [0.3, 0.4) is 0 Å². The monoisotopic (exact) mass is 678 g/mol. The fourth-order valence-electron chi connectivity index (χ4n) is 3.54. The molecule has 40 heavy (non-hydrogen) atoms. The van der Waals surface area contributed by atoms with Crippen molar-refractivity contribution in [3.8, 4) is 11.5 Å². The molecule has 0 saturated carbocycles. The first-order valence-electron chi connectivity index (χ1n) is 13.9. The number of carbonyl (C=O) groups is 2. The Morgan fingerprint density at radius 2 is 1.12 bits per heavy atom. The second-order valence-corrected chi connectivity index (χ2v) is 11.1. The minimum atomic E-state index is -0.141. The van der Waals surface area contributed by atoms with Gasteiger partial charge in [0.15, 0.2) is 0 Å². The molecule has 10 heteroatoms. The summed E-state index contributed by atoms with van der Waals surface area (Å²) in [5, 5.41) is 8.17. The Balaban J connectivity index is 1.63. The smallest absolute Gasteiger partial charge is 0.240 e. The molecular formula is C30H40Br2N4O4. The van der Waals surface area contributed by atoms with Gasteiger partial charge in [-0.3, -0.25) is 9.59 Å². The van der Waals surface area contributed by atoms with E-state index in [0.717, 1.165) is 82.9 Å². The first kappa shape index (κ1) is 33.5. The van der Waals surface area contributed by atoms with E-state index < -0.39 is 0 Å². The predicted molar refractivity (Wildman–Crippen MR) is 168 cm³/mol. The van der Waals surface area contributed by atoms with Crippen LogP contribution in [0, 0.1) is 0 Å². The standard InChI is InChI=1S/C30H40Br2N4O4/c1-3-5-17-39-27-15-13-25(31)19-23(27)21-33-35-29(37)11-9-7-8-10-12-30(38)36-34-22-24-20-26(32)14-16-28(24)40-18-6-4-2/h13-16,19-22H,3-12,17-18H2,1-2H3,(H,35,37)(H,36,38)/b33-21-,34-22-. The summed E-state index contributed by atoms with van der Waals surface area (Å²) < 4.78 is 13.4. The minimum absolute atomic E-state index is 0.141. The number of rotatable bonds is 19. The van der Waals surface area contributed by atoms with Crippen LogP contribution in [0.15, 0.2) is 55.5 Å². The van der Waals surface area contributed by atoms with Gasteiger partial charge in [-0.15, -0.1) is 0 Å². The van der Waals surface area contributed by atoms with Crippen molar-refractivity contribution in [1.29, 1.82) is 0 Å². The zero-order valence-corrected chi connectivity index (χ0v) is 26.6. The number of carbonyl (C=O) groups excluding carboxylic acids is 2. The van der Waals surface area contributed by atoms with E-state index in [-0.39, 0.29) is 11.8 Å². The summed E-state index contributed by atoms with van der Waals surface area (Å²) in [7, 11) is 0. The second-order valence-electron chi connectivity index (χ2n) is 9.27. The van der Waals surface area contributed by atoms with E-state index in [1.165, 1.54) is 0 Å². The third kappa shape index (κ3) is 14.1. The van der Waals surface area contributed by atoms with Gasteiger partial charge in [-0.1, -0.05) is 71.4 Å². The van der Waals surface area contributed by atoms with Crippen molar-refractivity contribution >= 4 is 56.1 Å². The zero-order valence-electron chi connectivity index (χ0n) is 23.4. The summed E-state index contributed by atoms with van der Waals surface area (Å²) in [6.07, 6.45) is 11.2. The van der Waals surface area contributed by atoms with Crippen molar-refractivity contribution in [2.45, 2.75) is 78.1 Å². The molecule has 0 bridgehead atoms. The molecule has 0 unspecified atom stereocenters. The lowest BCUT2D eigenvalue weighted by molar-refractivity contribution is -0.122. The molecule has 0 aliphatic heterocycles. The number of hydrogen-bond acceptors (Lipinski definition) is 6. The maximum absolute atomic E-state index is 12.1. The molecule has 0 atom stereocenters. The van der Waals surface area contributed by atoms with E-state index in [1.54, 1.807) is 12.4 Å². The number of hydrazone groups is 2. The lowest BCUT2D eigenvalue weighted by atomic mass is 10.1. The fraction of sp³-hybridized carbons (Fsp3) is 0.467. The molecule has 2 aromatic carbocycles. The van der Waals surface area contributed by atoms with E-state index in [9.17, 15) is 9.59 Å². The van der Waals surface area contributed by atoms with E-state index in [4.69, 9.17) is 9.47 Å². The van der Waals surface area contributed by atoms with Crippen LogP contribution < -0.4 is 20.3 Å². The number of hydrogen-bond donors (Lipinski definition) is 2. The Kier molecular flexibility index (Phi) is 16.9. The van der Waals surface area contributed by atoms with Crippen LogP contribution in [0.5, 0.6) is 11.5 Å². The molecule has 2 aromatic rings. The highest BCUT2D eigenvalue weighted by Gasteiger charge is 2.06. The van der Waals surface area contributed by atoms with Crippen LogP contribution in [-0.2, 0) is 9.59 Å². The van der Waals surface area contributed by atoms with Gasteiger partial charge in [0, 0.05) is 32.9 Å². The molecule has 2 rings (SSSR count). The lowest BCUT2D eigenvalue weighted by Gasteiger charge is -2.09. The average Bonchev–Trinajstić information content (AvgIpc) is 2.93. The van der Waals surface area contributed by atoms with Gasteiger partial charge < -0.3 is 9.47 Å². The highest BCUT2D eigenvalue weighted by molar-refractivity contribution is 9.10. The topological polar surface area (TPSA) is 101 Å². The molecule has 0 aromatic heterocycles. The molecule has 2 N–H and O–H groups in total. The molecule has 0 radical (unpaired) electrons. The largest absolute Gasteiger partial charge is 0.493 e. The van der Waals surface area contributed by atoms with Gasteiger partial charge in [0.05, 0.1) is 25.6 Å². The molecule has 0 spiro atoms. The minimum Gasteiger partial charge on any atom is -0.493 e. The molecule has 0 aliphatic rings. The molecule has 0 aliphatic carbocycles. The summed E-state index contributed by atoms with van der Waals surface area (Å²) in [5.41, 5.74) is 6.75. The summed E-state index contributed by atoms with van der Waals surface area (Å²) >= 11 is 6.91. The summed E-state index contributed by atoms with van der Waals surface area (Å²) in [5.74, 6) is 1.19. The lowest BCUT2D eigenvalue weighted by Crippen LogP contribution is -2.17. The summed E-state index contributed by atoms with van der Waals surface area (Å²) in [6.45, 7) is 5.51. The molecule has 0 heterocycles. The van der Waals surface area contributed by atoms with Crippen LogP contribution in [-0.4, -0.2) is 37.5 Å². The fourth-order valence-corrected chi connectivity index (χ4v) is 4.30. The van der Waals surface area contributed by atoms with Gasteiger partial charge in [-0.2, -0.15) is 10.2 Å². The Labute approximate surface area is 254 Å². The van der Waals surface area contributed by atoms with Crippen LogP contribution in [0.1, 0.15) is 89.2 Å². The van der Waals surface area contributed by atoms with E-state index in [2.05, 4.69) is 66.8 Å². The Morgan fingerprint density at radius 1 is 0.700 bits per heavy atom. The first-order valence-corrected chi connectivity index (χ1v) is 15.5. The van der Waals surface area contributed by atoms with Crippen LogP contribution in [0.4, 0.5) is 0 Å². The number of unbranched alkanes of at least 4 members (excludes halogenated alkanes) is 5. The van der Waals surface area contributed by atoms with Crippen molar-refractivity contribution in [1.82, 2.24) is 10.9 Å². The van der Waals surface area contributed by atoms with E-state index >= 15 is 0 Å². The zero-order chi connectivity index (χ0) is 29.0. The van der Waals surface area contributed by atoms with Gasteiger partial charge in [-0.05, 0) is 62.1 Å². The number of benzene rings is 2. The normalized spacial score (nSPS) is 11.2. The highest BCUT2D eigenvalue weighted by atomic mass is 79.9. The van der Waals surface area contributed by atoms with Gasteiger partial charge in [-0.25, -0.2) is 10.9 Å². The molecule has 0 fully saturated rings. The number of ether oxygens (including phenoxy) is 2. The Bertz CT molecular complexity index is 1040. The number of nitrogens with zero attached hydrogens (tertiary/aromatic N) is 2. The van der Waals surface area contributed by atoms with Crippen LogP contribution in [0.25, 0.3) is 0 Å². The molecule has 2 amide bonds. The van der Waals surface area contributed by atoms with Gasteiger partial charge >= 0.3 is 0 Å². The average molecular weight is 680 g/mol. The Hall–Kier alpha value is -2.72. The maximum Gasteiger partial charge on any atom is 0.240 e. The van der Waals surface area contributed by atoms with Gasteiger partial charge in [0.1, 0.15) is 11.5 Å².